The number of benzene rings is 1. The van der Waals surface area contributed by atoms with Gasteiger partial charge < -0.3 is 14.0 Å². The Bertz CT molecular complexity index is 292. The second-order valence-electron chi connectivity index (χ2n) is 3.97. The number of hydrogen-bond donors (Lipinski definition) is 1. The van der Waals surface area contributed by atoms with E-state index in [0.29, 0.717) is 6.61 Å². The monoisotopic (exact) mass is 254 g/mol. The van der Waals surface area contributed by atoms with Gasteiger partial charge in [-0.25, -0.2) is 0 Å². The van der Waals surface area contributed by atoms with E-state index in [4.69, 9.17) is 8.85 Å². The fourth-order valence-corrected chi connectivity index (χ4v) is 2.97. The molecule has 1 N–H and O–H groups in total. The van der Waals surface area contributed by atoms with Crippen molar-refractivity contribution in [2.75, 3.05) is 13.2 Å². The van der Waals surface area contributed by atoms with Gasteiger partial charge in [0, 0.05) is 6.61 Å². The van der Waals surface area contributed by atoms with Crippen LogP contribution in [-0.2, 0) is 8.85 Å². The molecule has 2 unspecified atom stereocenters. The van der Waals surface area contributed by atoms with Crippen molar-refractivity contribution in [2.24, 2.45) is 0 Å². The van der Waals surface area contributed by atoms with Crippen LogP contribution < -0.4 is 0 Å². The topological polar surface area (TPSA) is 38.7 Å². The summed E-state index contributed by atoms with van der Waals surface area (Å²) in [4.78, 5) is 0. The molecule has 1 aromatic carbocycles. The predicted octanol–water partition coefficient (Wildman–Crippen LogP) is 2.40. The molecule has 0 aromatic heterocycles. The summed E-state index contributed by atoms with van der Waals surface area (Å²) >= 11 is 0. The quantitative estimate of drug-likeness (QED) is 0.724. The average Bonchev–Trinajstić information content (AvgIpc) is 2.39. The average molecular weight is 254 g/mol. The zero-order chi connectivity index (χ0) is 12.5. The predicted molar refractivity (Wildman–Crippen MR) is 71.2 cm³/mol. The van der Waals surface area contributed by atoms with Crippen LogP contribution in [0.4, 0.5) is 0 Å². The first-order valence-corrected chi connectivity index (χ1v) is 8.00. The van der Waals surface area contributed by atoms with E-state index in [1.807, 2.05) is 30.3 Å². The lowest BCUT2D eigenvalue weighted by molar-refractivity contribution is 0.0864. The minimum atomic E-state index is -1.57. The van der Waals surface area contributed by atoms with Gasteiger partial charge >= 0.3 is 9.28 Å². The summed E-state index contributed by atoms with van der Waals surface area (Å²) in [5, 5.41) is 9.93. The van der Waals surface area contributed by atoms with Gasteiger partial charge in [0.2, 0.25) is 0 Å². The molecule has 0 amide bonds. The summed E-state index contributed by atoms with van der Waals surface area (Å²) in [6, 6.07) is 10.5. The molecule has 0 aliphatic rings. The van der Waals surface area contributed by atoms with Crippen molar-refractivity contribution in [1.29, 1.82) is 0 Å². The number of aliphatic hydroxyl groups excluding tert-OH is 1. The van der Waals surface area contributed by atoms with Crippen LogP contribution in [0.5, 0.6) is 0 Å². The van der Waals surface area contributed by atoms with Gasteiger partial charge in [-0.15, -0.1) is 0 Å². The lowest BCUT2D eigenvalue weighted by atomic mass is 10.1. The smallest absolute Gasteiger partial charge is 0.321 e. The molecule has 0 saturated heterocycles. The van der Waals surface area contributed by atoms with E-state index < -0.39 is 15.4 Å². The first-order valence-electron chi connectivity index (χ1n) is 6.24. The van der Waals surface area contributed by atoms with Gasteiger partial charge in [-0.1, -0.05) is 44.2 Å². The highest BCUT2D eigenvalue weighted by atomic mass is 28.3. The molecule has 17 heavy (non-hydrogen) atoms. The third-order valence-electron chi connectivity index (χ3n) is 2.47. The maximum absolute atomic E-state index is 9.93. The largest absolute Gasteiger partial charge is 0.397 e. The summed E-state index contributed by atoms with van der Waals surface area (Å²) < 4.78 is 11.3. The fourth-order valence-electron chi connectivity index (χ4n) is 1.50. The van der Waals surface area contributed by atoms with Crippen molar-refractivity contribution >= 4 is 9.28 Å². The lowest BCUT2D eigenvalue weighted by Gasteiger charge is -2.17. The number of rotatable bonds is 8. The maximum atomic E-state index is 9.93. The molecule has 0 spiro atoms. The molecule has 1 rings (SSSR count). The Morgan fingerprint density at radius 3 is 2.47 bits per heavy atom. The first kappa shape index (κ1) is 14.4. The Kier molecular flexibility index (Phi) is 7.12. The summed E-state index contributed by atoms with van der Waals surface area (Å²) in [7, 11) is -1.57. The van der Waals surface area contributed by atoms with Crippen molar-refractivity contribution in [3.63, 3.8) is 0 Å². The zero-order valence-corrected chi connectivity index (χ0v) is 11.8. The molecule has 3 nitrogen and oxygen atoms in total. The Labute approximate surface area is 105 Å². The standard InChI is InChI=1S/C13H22O3Si/c1-3-10-15-17(4-2)16-11-13(14)12-8-6-5-7-9-12/h5-9,13-14,17H,3-4,10-11H2,1-2H3. The van der Waals surface area contributed by atoms with Gasteiger partial charge in [0.25, 0.3) is 0 Å². The molecule has 2 atom stereocenters. The summed E-state index contributed by atoms with van der Waals surface area (Å²) in [5.41, 5.74) is 0.895. The third-order valence-corrected chi connectivity index (χ3v) is 4.30. The Morgan fingerprint density at radius 2 is 1.88 bits per heavy atom. The molecule has 0 saturated carbocycles. The van der Waals surface area contributed by atoms with E-state index in [-0.39, 0.29) is 0 Å². The van der Waals surface area contributed by atoms with Crippen molar-refractivity contribution in [3.05, 3.63) is 35.9 Å². The molecule has 0 heterocycles. The van der Waals surface area contributed by atoms with E-state index >= 15 is 0 Å². The van der Waals surface area contributed by atoms with Crippen LogP contribution in [0.1, 0.15) is 31.9 Å². The molecule has 0 radical (unpaired) electrons. The van der Waals surface area contributed by atoms with Crippen LogP contribution in [-0.4, -0.2) is 27.6 Å². The Balaban J connectivity index is 2.33. The Morgan fingerprint density at radius 1 is 1.18 bits per heavy atom. The first-order chi connectivity index (χ1) is 8.27. The number of aliphatic hydroxyl groups is 1. The molecular weight excluding hydrogens is 232 g/mol. The van der Waals surface area contributed by atoms with E-state index in [9.17, 15) is 5.11 Å². The zero-order valence-electron chi connectivity index (χ0n) is 10.6. The van der Waals surface area contributed by atoms with Gasteiger partial charge in [0.15, 0.2) is 0 Å². The molecule has 0 aliphatic heterocycles. The van der Waals surface area contributed by atoms with Gasteiger partial charge in [-0.05, 0) is 18.0 Å². The third kappa shape index (κ3) is 5.45. The second-order valence-corrected chi connectivity index (χ2v) is 6.31. The minimum Gasteiger partial charge on any atom is -0.397 e. The SMILES string of the molecule is CCCO[SiH](CC)OCC(O)c1ccccc1. The van der Waals surface area contributed by atoms with Crippen LogP contribution in [0.25, 0.3) is 0 Å². The molecule has 0 bridgehead atoms. The second kappa shape index (κ2) is 8.41. The van der Waals surface area contributed by atoms with Crippen molar-refractivity contribution in [1.82, 2.24) is 0 Å². The minimum absolute atomic E-state index is 0.332. The van der Waals surface area contributed by atoms with Crippen molar-refractivity contribution in [3.8, 4) is 0 Å². The fraction of sp³-hybridized carbons (Fsp3) is 0.538. The maximum Gasteiger partial charge on any atom is 0.321 e. The van der Waals surface area contributed by atoms with E-state index in [1.165, 1.54) is 0 Å². The van der Waals surface area contributed by atoms with E-state index in [1.54, 1.807) is 0 Å². The molecule has 0 fully saturated rings. The number of hydrogen-bond acceptors (Lipinski definition) is 3. The van der Waals surface area contributed by atoms with Crippen LogP contribution in [0.15, 0.2) is 30.3 Å². The normalized spacial score (nSPS) is 14.5. The molecule has 4 heteroatoms. The lowest BCUT2D eigenvalue weighted by Crippen LogP contribution is -2.25. The molecular formula is C13H22O3Si. The van der Waals surface area contributed by atoms with Gasteiger partial charge in [0.1, 0.15) is 6.10 Å². The summed E-state index contributed by atoms with van der Waals surface area (Å²) in [6.45, 7) is 5.24. The molecule has 96 valence electrons. The van der Waals surface area contributed by atoms with Gasteiger partial charge in [-0.2, -0.15) is 0 Å². The van der Waals surface area contributed by atoms with Gasteiger partial charge in [0.05, 0.1) is 6.61 Å². The summed E-state index contributed by atoms with van der Waals surface area (Å²) in [5.74, 6) is 0. The van der Waals surface area contributed by atoms with Crippen molar-refractivity contribution in [2.45, 2.75) is 32.4 Å². The van der Waals surface area contributed by atoms with E-state index in [2.05, 4.69) is 13.8 Å². The molecule has 0 aliphatic carbocycles. The van der Waals surface area contributed by atoms with Crippen LogP contribution in [0.2, 0.25) is 6.04 Å². The highest BCUT2D eigenvalue weighted by Gasteiger charge is 2.14. The van der Waals surface area contributed by atoms with Crippen LogP contribution in [0.3, 0.4) is 0 Å². The Hall–Kier alpha value is -0.683. The van der Waals surface area contributed by atoms with Crippen molar-refractivity contribution < 1.29 is 14.0 Å². The summed E-state index contributed by atoms with van der Waals surface area (Å²) in [6.07, 6.45) is 0.455. The highest BCUT2D eigenvalue weighted by Crippen LogP contribution is 2.13. The van der Waals surface area contributed by atoms with E-state index in [0.717, 1.165) is 24.6 Å². The van der Waals surface area contributed by atoms with Gasteiger partial charge in [-0.3, -0.25) is 0 Å². The van der Waals surface area contributed by atoms with Crippen LogP contribution >= 0.6 is 0 Å². The van der Waals surface area contributed by atoms with Crippen LogP contribution in [0, 0.1) is 0 Å². The highest BCUT2D eigenvalue weighted by molar-refractivity contribution is 6.44. The molecule has 1 aromatic rings.